The Labute approximate surface area is 100.0 Å². The van der Waals surface area contributed by atoms with Gasteiger partial charge in [0, 0.05) is 5.33 Å². The van der Waals surface area contributed by atoms with E-state index < -0.39 is 0 Å². The minimum absolute atomic E-state index is 0.821. The van der Waals surface area contributed by atoms with E-state index in [-0.39, 0.29) is 0 Å². The van der Waals surface area contributed by atoms with E-state index in [0.29, 0.717) is 0 Å². The Hall–Kier alpha value is -0.500. The number of hydrogen-bond acceptors (Lipinski definition) is 1. The number of hydrogen-bond donors (Lipinski definition) is 0. The summed E-state index contributed by atoms with van der Waals surface area (Å²) >= 11 is 3.42. The molecule has 15 heavy (non-hydrogen) atoms. The molecule has 2 rings (SSSR count). The minimum Gasteiger partial charge on any atom is -0.493 e. The van der Waals surface area contributed by atoms with Crippen LogP contribution in [0.4, 0.5) is 0 Å². The van der Waals surface area contributed by atoms with E-state index in [0.717, 1.165) is 24.1 Å². The minimum atomic E-state index is 0.821. The predicted molar refractivity (Wildman–Crippen MR) is 67.0 cm³/mol. The first-order valence-electron chi connectivity index (χ1n) is 5.71. The standard InChI is InChI=1S/C13H17BrO/c14-9-4-10-15-13-8-3-6-11-5-1-2-7-12(11)13/h3,6,8H,1-2,4-5,7,9-10H2. The summed E-state index contributed by atoms with van der Waals surface area (Å²) in [6.07, 6.45) is 6.14. The van der Waals surface area contributed by atoms with Crippen LogP contribution in [0.2, 0.25) is 0 Å². The van der Waals surface area contributed by atoms with Crippen molar-refractivity contribution in [1.29, 1.82) is 0 Å². The Bertz CT molecular complexity index is 322. The third kappa shape index (κ3) is 2.75. The lowest BCUT2D eigenvalue weighted by molar-refractivity contribution is 0.314. The SMILES string of the molecule is BrCCCOc1cccc2c1CCCC2. The van der Waals surface area contributed by atoms with Gasteiger partial charge in [-0.25, -0.2) is 0 Å². The molecule has 82 valence electrons. The molecule has 0 heterocycles. The fourth-order valence-electron chi connectivity index (χ4n) is 2.12. The average Bonchev–Trinajstić information content (AvgIpc) is 2.30. The zero-order valence-electron chi connectivity index (χ0n) is 8.97. The van der Waals surface area contributed by atoms with Gasteiger partial charge in [0.05, 0.1) is 6.61 Å². The summed E-state index contributed by atoms with van der Waals surface area (Å²) in [6.45, 7) is 0.821. The lowest BCUT2D eigenvalue weighted by Gasteiger charge is -2.19. The van der Waals surface area contributed by atoms with E-state index in [1.165, 1.54) is 36.8 Å². The summed E-state index contributed by atoms with van der Waals surface area (Å²) in [5.74, 6) is 1.12. The summed E-state index contributed by atoms with van der Waals surface area (Å²) in [7, 11) is 0. The molecule has 0 bridgehead atoms. The highest BCUT2D eigenvalue weighted by Crippen LogP contribution is 2.29. The van der Waals surface area contributed by atoms with Gasteiger partial charge in [-0.05, 0) is 49.3 Å². The van der Waals surface area contributed by atoms with Crippen LogP contribution in [0.15, 0.2) is 18.2 Å². The maximum Gasteiger partial charge on any atom is 0.122 e. The second-order valence-electron chi connectivity index (χ2n) is 3.99. The molecule has 0 amide bonds. The van der Waals surface area contributed by atoms with Crippen molar-refractivity contribution in [1.82, 2.24) is 0 Å². The first-order valence-corrected chi connectivity index (χ1v) is 6.83. The van der Waals surface area contributed by atoms with Crippen LogP contribution in [0.5, 0.6) is 5.75 Å². The van der Waals surface area contributed by atoms with Gasteiger partial charge in [-0.3, -0.25) is 0 Å². The second kappa shape index (κ2) is 5.55. The van der Waals surface area contributed by atoms with Gasteiger partial charge in [-0.2, -0.15) is 0 Å². The van der Waals surface area contributed by atoms with Crippen molar-refractivity contribution in [3.8, 4) is 5.75 Å². The Kier molecular flexibility index (Phi) is 4.07. The molecule has 0 aliphatic heterocycles. The summed E-state index contributed by atoms with van der Waals surface area (Å²) in [6, 6.07) is 6.47. The van der Waals surface area contributed by atoms with Gasteiger partial charge in [0.1, 0.15) is 5.75 Å². The van der Waals surface area contributed by atoms with Crippen LogP contribution >= 0.6 is 15.9 Å². The number of alkyl halides is 1. The monoisotopic (exact) mass is 268 g/mol. The van der Waals surface area contributed by atoms with E-state index in [1.807, 2.05) is 0 Å². The number of fused-ring (bicyclic) bond motifs is 1. The quantitative estimate of drug-likeness (QED) is 0.597. The molecule has 2 heteroatoms. The fourth-order valence-corrected chi connectivity index (χ4v) is 2.35. The number of halogens is 1. The molecule has 0 N–H and O–H groups in total. The van der Waals surface area contributed by atoms with Crippen LogP contribution < -0.4 is 4.74 Å². The fraction of sp³-hybridized carbons (Fsp3) is 0.538. The molecule has 0 saturated carbocycles. The van der Waals surface area contributed by atoms with Gasteiger partial charge >= 0.3 is 0 Å². The molecule has 1 aliphatic carbocycles. The summed E-state index contributed by atoms with van der Waals surface area (Å²) < 4.78 is 5.81. The van der Waals surface area contributed by atoms with Gasteiger partial charge in [-0.1, -0.05) is 28.1 Å². The van der Waals surface area contributed by atoms with E-state index in [2.05, 4.69) is 34.1 Å². The highest BCUT2D eigenvalue weighted by molar-refractivity contribution is 9.09. The summed E-state index contributed by atoms with van der Waals surface area (Å²) in [5.41, 5.74) is 2.95. The molecule has 1 aromatic carbocycles. The van der Waals surface area contributed by atoms with Crippen molar-refractivity contribution < 1.29 is 4.74 Å². The third-order valence-corrected chi connectivity index (χ3v) is 3.45. The van der Waals surface area contributed by atoms with Crippen LogP contribution in [0, 0.1) is 0 Å². The van der Waals surface area contributed by atoms with Gasteiger partial charge in [0.2, 0.25) is 0 Å². The summed E-state index contributed by atoms with van der Waals surface area (Å²) in [5, 5.41) is 1.02. The number of aryl methyl sites for hydroxylation is 1. The molecule has 0 saturated heterocycles. The van der Waals surface area contributed by atoms with E-state index in [9.17, 15) is 0 Å². The first-order chi connectivity index (χ1) is 7.42. The zero-order valence-corrected chi connectivity index (χ0v) is 10.6. The topological polar surface area (TPSA) is 9.23 Å². The molecular formula is C13H17BrO. The zero-order chi connectivity index (χ0) is 10.5. The van der Waals surface area contributed by atoms with Gasteiger partial charge in [0.25, 0.3) is 0 Å². The maximum atomic E-state index is 5.81. The predicted octanol–water partition coefficient (Wildman–Crippen LogP) is 3.73. The van der Waals surface area contributed by atoms with Gasteiger partial charge in [-0.15, -0.1) is 0 Å². The maximum absolute atomic E-state index is 5.81. The van der Waals surface area contributed by atoms with Crippen molar-refractivity contribution in [3.63, 3.8) is 0 Å². The molecular weight excluding hydrogens is 252 g/mol. The highest BCUT2D eigenvalue weighted by atomic mass is 79.9. The molecule has 0 radical (unpaired) electrons. The molecule has 1 aliphatic rings. The molecule has 1 nitrogen and oxygen atoms in total. The normalized spacial score (nSPS) is 14.7. The Morgan fingerprint density at radius 2 is 2.07 bits per heavy atom. The van der Waals surface area contributed by atoms with Crippen molar-refractivity contribution in [2.24, 2.45) is 0 Å². The Morgan fingerprint density at radius 3 is 2.93 bits per heavy atom. The lowest BCUT2D eigenvalue weighted by atomic mass is 9.91. The highest BCUT2D eigenvalue weighted by Gasteiger charge is 2.13. The molecule has 0 spiro atoms. The van der Waals surface area contributed by atoms with Crippen LogP contribution in [0.3, 0.4) is 0 Å². The van der Waals surface area contributed by atoms with Crippen molar-refractivity contribution >= 4 is 15.9 Å². The number of rotatable bonds is 4. The molecule has 1 aromatic rings. The van der Waals surface area contributed by atoms with Gasteiger partial charge < -0.3 is 4.74 Å². The van der Waals surface area contributed by atoms with Crippen LogP contribution in [-0.4, -0.2) is 11.9 Å². The van der Waals surface area contributed by atoms with Gasteiger partial charge in [0.15, 0.2) is 0 Å². The largest absolute Gasteiger partial charge is 0.493 e. The Morgan fingerprint density at radius 1 is 1.20 bits per heavy atom. The van der Waals surface area contributed by atoms with E-state index in [1.54, 1.807) is 0 Å². The number of ether oxygens (including phenoxy) is 1. The van der Waals surface area contributed by atoms with Crippen molar-refractivity contribution in [2.75, 3.05) is 11.9 Å². The van der Waals surface area contributed by atoms with E-state index >= 15 is 0 Å². The average molecular weight is 269 g/mol. The second-order valence-corrected chi connectivity index (χ2v) is 4.78. The molecule has 0 atom stereocenters. The van der Waals surface area contributed by atoms with Crippen molar-refractivity contribution in [3.05, 3.63) is 29.3 Å². The van der Waals surface area contributed by atoms with Crippen molar-refractivity contribution in [2.45, 2.75) is 32.1 Å². The summed E-state index contributed by atoms with van der Waals surface area (Å²) in [4.78, 5) is 0. The Balaban J connectivity index is 2.09. The van der Waals surface area contributed by atoms with E-state index in [4.69, 9.17) is 4.74 Å². The smallest absolute Gasteiger partial charge is 0.122 e. The third-order valence-electron chi connectivity index (χ3n) is 2.89. The first kappa shape index (κ1) is 11.0. The molecule has 0 fully saturated rings. The number of benzene rings is 1. The van der Waals surface area contributed by atoms with Crippen LogP contribution in [-0.2, 0) is 12.8 Å². The van der Waals surface area contributed by atoms with Crippen LogP contribution in [0.1, 0.15) is 30.4 Å². The molecule has 0 unspecified atom stereocenters. The molecule has 0 aromatic heterocycles. The van der Waals surface area contributed by atoms with Crippen LogP contribution in [0.25, 0.3) is 0 Å². The lowest BCUT2D eigenvalue weighted by Crippen LogP contribution is -2.07.